The fourth-order valence-corrected chi connectivity index (χ4v) is 2.66. The van der Waals surface area contributed by atoms with Crippen molar-refractivity contribution in [2.75, 3.05) is 20.3 Å². The van der Waals surface area contributed by atoms with Crippen molar-refractivity contribution in [2.45, 2.75) is 31.0 Å². The first-order valence-corrected chi connectivity index (χ1v) is 6.40. The van der Waals surface area contributed by atoms with Crippen LogP contribution in [0.25, 0.3) is 0 Å². The Kier molecular flexibility index (Phi) is 4.16. The average molecular weight is 273 g/mol. The number of hydrogen-bond acceptors (Lipinski definition) is 2. The molecule has 1 aliphatic heterocycles. The fraction of sp³-hybridized carbons (Fsp3) is 0.571. The maximum absolute atomic E-state index is 12.8. The maximum atomic E-state index is 12.8. The van der Waals surface area contributed by atoms with Gasteiger partial charge in [-0.1, -0.05) is 12.1 Å². The van der Waals surface area contributed by atoms with Gasteiger partial charge in [-0.15, -0.1) is 0 Å². The Morgan fingerprint density at radius 2 is 2.11 bits per heavy atom. The van der Waals surface area contributed by atoms with Crippen LogP contribution in [0, 0.1) is 0 Å². The zero-order chi connectivity index (χ0) is 13.9. The summed E-state index contributed by atoms with van der Waals surface area (Å²) >= 11 is 0. The molecule has 106 valence electrons. The lowest BCUT2D eigenvalue weighted by Crippen LogP contribution is -2.49. The number of benzene rings is 1. The summed E-state index contributed by atoms with van der Waals surface area (Å²) in [6, 6.07) is 5.54. The van der Waals surface area contributed by atoms with E-state index in [0.29, 0.717) is 12.2 Å². The number of rotatable bonds is 3. The summed E-state index contributed by atoms with van der Waals surface area (Å²) < 4.78 is 43.6. The lowest BCUT2D eigenvalue weighted by molar-refractivity contribution is -0.137. The van der Waals surface area contributed by atoms with Gasteiger partial charge in [-0.05, 0) is 43.5 Å². The molecule has 2 nitrogen and oxygen atoms in total. The summed E-state index contributed by atoms with van der Waals surface area (Å²) in [5, 5.41) is 3.34. The van der Waals surface area contributed by atoms with E-state index in [1.165, 1.54) is 12.1 Å². The molecule has 1 aromatic rings. The van der Waals surface area contributed by atoms with E-state index in [2.05, 4.69) is 5.32 Å². The highest BCUT2D eigenvalue weighted by atomic mass is 19.4. The molecule has 0 bridgehead atoms. The molecule has 1 aliphatic rings. The Balaban J connectivity index is 2.36. The minimum absolute atomic E-state index is 0.383. The highest BCUT2D eigenvalue weighted by molar-refractivity contribution is 5.32. The predicted octanol–water partition coefficient (Wildman–Crippen LogP) is 3.32. The van der Waals surface area contributed by atoms with E-state index in [1.807, 2.05) is 0 Å². The van der Waals surface area contributed by atoms with Crippen LogP contribution < -0.4 is 5.32 Å². The first kappa shape index (κ1) is 14.3. The van der Waals surface area contributed by atoms with Gasteiger partial charge >= 0.3 is 6.18 Å². The second-order valence-corrected chi connectivity index (χ2v) is 4.98. The number of hydrogen-bond donors (Lipinski definition) is 1. The minimum Gasteiger partial charge on any atom is -0.382 e. The van der Waals surface area contributed by atoms with Crippen molar-refractivity contribution in [3.8, 4) is 0 Å². The van der Waals surface area contributed by atoms with E-state index in [9.17, 15) is 13.2 Å². The highest BCUT2D eigenvalue weighted by Gasteiger charge is 2.36. The Labute approximate surface area is 111 Å². The second kappa shape index (κ2) is 5.51. The molecule has 19 heavy (non-hydrogen) atoms. The molecular formula is C14H18F3NO. The first-order chi connectivity index (χ1) is 8.98. The van der Waals surface area contributed by atoms with Gasteiger partial charge in [-0.3, -0.25) is 0 Å². The lowest BCUT2D eigenvalue weighted by Gasteiger charge is -2.38. The molecule has 5 heteroatoms. The van der Waals surface area contributed by atoms with E-state index in [4.69, 9.17) is 4.74 Å². The molecule has 1 unspecified atom stereocenters. The van der Waals surface area contributed by atoms with Crippen LogP contribution in [0.2, 0.25) is 0 Å². The summed E-state index contributed by atoms with van der Waals surface area (Å²) in [6.45, 7) is 1.19. The van der Waals surface area contributed by atoms with Gasteiger partial charge in [0, 0.05) is 7.11 Å². The van der Waals surface area contributed by atoms with Crippen molar-refractivity contribution in [3.05, 3.63) is 35.4 Å². The van der Waals surface area contributed by atoms with Crippen LogP contribution in [0.1, 0.15) is 30.4 Å². The topological polar surface area (TPSA) is 21.3 Å². The molecule has 1 saturated heterocycles. The number of halogens is 3. The standard InChI is InChI=1S/C14H18F3NO/c1-19-10-13(7-2-3-8-18-13)11-5-4-6-12(9-11)14(15,16)17/h4-6,9,18H,2-3,7-8,10H2,1H3. The first-order valence-electron chi connectivity index (χ1n) is 6.40. The summed E-state index contributed by atoms with van der Waals surface area (Å²) in [7, 11) is 1.58. The predicted molar refractivity (Wildman–Crippen MR) is 66.9 cm³/mol. The molecular weight excluding hydrogens is 255 g/mol. The Morgan fingerprint density at radius 1 is 1.32 bits per heavy atom. The van der Waals surface area contributed by atoms with Gasteiger partial charge in [0.15, 0.2) is 0 Å². The Bertz CT molecular complexity index is 419. The molecule has 0 aromatic heterocycles. The molecule has 1 heterocycles. The largest absolute Gasteiger partial charge is 0.416 e. The summed E-state index contributed by atoms with van der Waals surface area (Å²) in [5.74, 6) is 0. The number of ether oxygens (including phenoxy) is 1. The van der Waals surface area contributed by atoms with Crippen molar-refractivity contribution in [2.24, 2.45) is 0 Å². The van der Waals surface area contributed by atoms with Crippen molar-refractivity contribution in [1.82, 2.24) is 5.32 Å². The van der Waals surface area contributed by atoms with Crippen LogP contribution in [0.15, 0.2) is 24.3 Å². The highest BCUT2D eigenvalue weighted by Crippen LogP contribution is 2.35. The quantitative estimate of drug-likeness (QED) is 0.912. The van der Waals surface area contributed by atoms with Gasteiger partial charge in [0.25, 0.3) is 0 Å². The number of piperidine rings is 1. The van der Waals surface area contributed by atoms with Crippen LogP contribution in [0.3, 0.4) is 0 Å². The molecule has 0 amide bonds. The van der Waals surface area contributed by atoms with E-state index in [-0.39, 0.29) is 0 Å². The fourth-order valence-electron chi connectivity index (χ4n) is 2.66. The average Bonchev–Trinajstić information content (AvgIpc) is 2.39. The van der Waals surface area contributed by atoms with Gasteiger partial charge in [0.2, 0.25) is 0 Å². The summed E-state index contributed by atoms with van der Waals surface area (Å²) in [5.41, 5.74) is -0.439. The third kappa shape index (κ3) is 3.09. The van der Waals surface area contributed by atoms with Crippen molar-refractivity contribution < 1.29 is 17.9 Å². The summed E-state index contributed by atoms with van der Waals surface area (Å²) in [6.07, 6.45) is -1.47. The number of alkyl halides is 3. The van der Waals surface area contributed by atoms with E-state index < -0.39 is 17.3 Å². The Morgan fingerprint density at radius 3 is 2.68 bits per heavy atom. The molecule has 0 radical (unpaired) electrons. The van der Waals surface area contributed by atoms with Crippen molar-refractivity contribution in [1.29, 1.82) is 0 Å². The van der Waals surface area contributed by atoms with Crippen LogP contribution in [-0.2, 0) is 16.5 Å². The number of methoxy groups -OCH3 is 1. The normalized spacial score (nSPS) is 24.4. The molecule has 1 N–H and O–H groups in total. The van der Waals surface area contributed by atoms with E-state index >= 15 is 0 Å². The third-order valence-electron chi connectivity index (χ3n) is 3.63. The third-order valence-corrected chi connectivity index (χ3v) is 3.63. The van der Waals surface area contributed by atoms with Gasteiger partial charge in [-0.25, -0.2) is 0 Å². The zero-order valence-corrected chi connectivity index (χ0v) is 10.9. The molecule has 0 spiro atoms. The molecule has 1 aromatic carbocycles. The second-order valence-electron chi connectivity index (χ2n) is 4.98. The number of nitrogens with one attached hydrogen (secondary N) is 1. The molecule has 1 fully saturated rings. The summed E-state index contributed by atoms with van der Waals surface area (Å²) in [4.78, 5) is 0. The Hall–Kier alpha value is -1.07. The SMILES string of the molecule is COCC1(c2cccc(C(F)(F)F)c2)CCCCN1. The van der Waals surface area contributed by atoms with Gasteiger partial charge in [-0.2, -0.15) is 13.2 Å². The van der Waals surface area contributed by atoms with E-state index in [0.717, 1.165) is 31.9 Å². The molecule has 2 rings (SSSR count). The monoisotopic (exact) mass is 273 g/mol. The van der Waals surface area contributed by atoms with Crippen LogP contribution >= 0.6 is 0 Å². The smallest absolute Gasteiger partial charge is 0.382 e. The zero-order valence-electron chi connectivity index (χ0n) is 10.9. The molecule has 1 atom stereocenters. The van der Waals surface area contributed by atoms with Gasteiger partial charge in [0.05, 0.1) is 17.7 Å². The minimum atomic E-state index is -4.31. The molecule has 0 aliphatic carbocycles. The van der Waals surface area contributed by atoms with Gasteiger partial charge in [0.1, 0.15) is 0 Å². The van der Waals surface area contributed by atoms with E-state index in [1.54, 1.807) is 13.2 Å². The van der Waals surface area contributed by atoms with Gasteiger partial charge < -0.3 is 10.1 Å². The van der Waals surface area contributed by atoms with Crippen LogP contribution in [0.4, 0.5) is 13.2 Å². The molecule has 0 saturated carbocycles. The van der Waals surface area contributed by atoms with Crippen LogP contribution in [-0.4, -0.2) is 20.3 Å². The van der Waals surface area contributed by atoms with Crippen LogP contribution in [0.5, 0.6) is 0 Å². The maximum Gasteiger partial charge on any atom is 0.416 e. The lowest BCUT2D eigenvalue weighted by atomic mass is 9.82. The van der Waals surface area contributed by atoms with Crippen molar-refractivity contribution in [3.63, 3.8) is 0 Å². The van der Waals surface area contributed by atoms with Crippen molar-refractivity contribution >= 4 is 0 Å².